The van der Waals surface area contributed by atoms with E-state index in [0.717, 1.165) is 13.0 Å². The molecule has 0 saturated carbocycles. The van der Waals surface area contributed by atoms with E-state index in [4.69, 9.17) is 5.11 Å². The molecule has 1 N–H and O–H groups in total. The van der Waals surface area contributed by atoms with E-state index in [1.165, 1.54) is 25.8 Å². The molecule has 3 heteroatoms. The fourth-order valence-corrected chi connectivity index (χ4v) is 2.47. The van der Waals surface area contributed by atoms with Crippen LogP contribution in [0.25, 0.3) is 0 Å². The van der Waals surface area contributed by atoms with Crippen molar-refractivity contribution in [1.82, 2.24) is 4.90 Å². The van der Waals surface area contributed by atoms with Gasteiger partial charge in [0, 0.05) is 13.2 Å². The number of piperidine rings is 1. The summed E-state index contributed by atoms with van der Waals surface area (Å²) >= 11 is 2.50. The second-order valence-corrected chi connectivity index (χ2v) is 4.48. The summed E-state index contributed by atoms with van der Waals surface area (Å²) in [4.78, 5) is 2.47. The molecule has 0 amide bonds. The molecule has 0 spiro atoms. The van der Waals surface area contributed by atoms with Crippen molar-refractivity contribution in [2.24, 2.45) is 0 Å². The molecule has 0 bridgehead atoms. The van der Waals surface area contributed by atoms with E-state index in [2.05, 4.69) is 27.5 Å². The Balaban J connectivity index is 2.18. The van der Waals surface area contributed by atoms with Crippen LogP contribution in [-0.2, 0) is 0 Å². The summed E-state index contributed by atoms with van der Waals surface area (Å²) < 4.78 is 0.716. The largest absolute Gasteiger partial charge is 0.396 e. The van der Waals surface area contributed by atoms with Crippen molar-refractivity contribution in [3.63, 3.8) is 0 Å². The van der Waals surface area contributed by atoms with Crippen molar-refractivity contribution in [1.29, 1.82) is 0 Å². The van der Waals surface area contributed by atoms with Crippen LogP contribution in [0.1, 0.15) is 25.7 Å². The molecular formula is C8H16INO. The molecule has 1 rings (SSSR count). The monoisotopic (exact) mass is 269 g/mol. The molecule has 1 atom stereocenters. The van der Waals surface area contributed by atoms with Crippen LogP contribution in [0, 0.1) is 0 Å². The zero-order chi connectivity index (χ0) is 8.10. The molecule has 0 aromatic rings. The summed E-state index contributed by atoms with van der Waals surface area (Å²) in [7, 11) is 0. The average molecular weight is 269 g/mol. The van der Waals surface area contributed by atoms with Gasteiger partial charge in [0.25, 0.3) is 0 Å². The number of rotatable bonds is 3. The van der Waals surface area contributed by atoms with Gasteiger partial charge < -0.3 is 5.11 Å². The Kier molecular flexibility index (Phi) is 4.71. The third kappa shape index (κ3) is 3.25. The first kappa shape index (κ1) is 9.74. The second-order valence-electron chi connectivity index (χ2n) is 3.04. The van der Waals surface area contributed by atoms with E-state index in [1.807, 2.05) is 0 Å². The number of hydrogen-bond donors (Lipinski definition) is 1. The minimum Gasteiger partial charge on any atom is -0.396 e. The summed E-state index contributed by atoms with van der Waals surface area (Å²) in [5.74, 6) is 0. The maximum atomic E-state index is 8.65. The van der Waals surface area contributed by atoms with Gasteiger partial charge in [-0.3, -0.25) is 4.90 Å². The van der Waals surface area contributed by atoms with Crippen molar-refractivity contribution in [3.8, 4) is 0 Å². The van der Waals surface area contributed by atoms with Crippen molar-refractivity contribution in [2.45, 2.75) is 29.7 Å². The van der Waals surface area contributed by atoms with E-state index in [9.17, 15) is 0 Å². The topological polar surface area (TPSA) is 23.5 Å². The first-order chi connectivity index (χ1) is 5.34. The van der Waals surface area contributed by atoms with Crippen molar-refractivity contribution in [3.05, 3.63) is 0 Å². The molecule has 0 aromatic heterocycles. The minimum atomic E-state index is 0.333. The van der Waals surface area contributed by atoms with Gasteiger partial charge in [0.1, 0.15) is 0 Å². The van der Waals surface area contributed by atoms with E-state index in [0.29, 0.717) is 10.7 Å². The Morgan fingerprint density at radius 2 is 2.27 bits per heavy atom. The summed E-state index contributed by atoms with van der Waals surface area (Å²) in [6.07, 6.45) is 4.97. The molecule has 1 aliphatic heterocycles. The zero-order valence-electron chi connectivity index (χ0n) is 6.80. The molecule has 2 nitrogen and oxygen atoms in total. The van der Waals surface area contributed by atoms with Crippen LogP contribution < -0.4 is 0 Å². The second kappa shape index (κ2) is 5.32. The predicted octanol–water partition coefficient (Wildman–Crippen LogP) is 1.62. The Morgan fingerprint density at radius 3 is 2.91 bits per heavy atom. The molecule has 1 heterocycles. The first-order valence-electron chi connectivity index (χ1n) is 4.33. The molecule has 1 aliphatic rings. The summed E-state index contributed by atoms with van der Waals surface area (Å²) in [6, 6.07) is 0. The lowest BCUT2D eigenvalue weighted by atomic mass is 10.1. The normalized spacial score (nSPS) is 27.3. The zero-order valence-corrected chi connectivity index (χ0v) is 8.96. The van der Waals surface area contributed by atoms with Crippen LogP contribution in [0.2, 0.25) is 0 Å². The molecule has 0 radical (unpaired) electrons. The van der Waals surface area contributed by atoms with Crippen LogP contribution >= 0.6 is 22.6 Å². The van der Waals surface area contributed by atoms with Gasteiger partial charge in [-0.25, -0.2) is 0 Å². The molecule has 11 heavy (non-hydrogen) atoms. The number of alkyl halides is 1. The highest BCUT2D eigenvalue weighted by molar-refractivity contribution is 14.1. The van der Waals surface area contributed by atoms with Gasteiger partial charge in [-0.1, -0.05) is 22.6 Å². The third-order valence-corrected chi connectivity index (χ3v) is 3.55. The van der Waals surface area contributed by atoms with Gasteiger partial charge >= 0.3 is 0 Å². The standard InChI is InChI=1S/C8H16INO/c9-8-4-1-2-5-10(8)6-3-7-11/h8,11H,1-7H2. The molecule has 0 aliphatic carbocycles. The van der Waals surface area contributed by atoms with Gasteiger partial charge in [-0.05, 0) is 32.2 Å². The third-order valence-electron chi connectivity index (χ3n) is 2.14. The number of aliphatic hydroxyl groups is 1. The van der Waals surface area contributed by atoms with Crippen molar-refractivity contribution in [2.75, 3.05) is 19.7 Å². The summed E-state index contributed by atoms with van der Waals surface area (Å²) in [5, 5.41) is 8.65. The van der Waals surface area contributed by atoms with Gasteiger partial charge in [0.05, 0.1) is 4.05 Å². The number of nitrogens with zero attached hydrogens (tertiary/aromatic N) is 1. The maximum absolute atomic E-state index is 8.65. The Hall–Kier alpha value is 0.650. The molecule has 1 unspecified atom stereocenters. The van der Waals surface area contributed by atoms with Crippen LogP contribution in [0.4, 0.5) is 0 Å². The van der Waals surface area contributed by atoms with Crippen LogP contribution in [-0.4, -0.2) is 33.8 Å². The van der Waals surface area contributed by atoms with E-state index >= 15 is 0 Å². The average Bonchev–Trinajstić information content (AvgIpc) is 2.03. The predicted molar refractivity (Wildman–Crippen MR) is 54.9 cm³/mol. The minimum absolute atomic E-state index is 0.333. The van der Waals surface area contributed by atoms with Crippen LogP contribution in [0.5, 0.6) is 0 Å². The van der Waals surface area contributed by atoms with Crippen LogP contribution in [0.3, 0.4) is 0 Å². The Morgan fingerprint density at radius 1 is 1.45 bits per heavy atom. The molecule has 1 saturated heterocycles. The highest BCUT2D eigenvalue weighted by Crippen LogP contribution is 2.21. The van der Waals surface area contributed by atoms with E-state index in [1.54, 1.807) is 0 Å². The Labute approximate surface area is 82.1 Å². The van der Waals surface area contributed by atoms with E-state index in [-0.39, 0.29) is 0 Å². The maximum Gasteiger partial charge on any atom is 0.0618 e. The fourth-order valence-electron chi connectivity index (χ4n) is 1.48. The first-order valence-corrected chi connectivity index (χ1v) is 5.58. The number of halogens is 1. The fraction of sp³-hybridized carbons (Fsp3) is 1.00. The van der Waals surface area contributed by atoms with Gasteiger partial charge in [0.2, 0.25) is 0 Å². The highest BCUT2D eigenvalue weighted by Gasteiger charge is 2.18. The van der Waals surface area contributed by atoms with Crippen molar-refractivity contribution >= 4 is 22.6 Å². The quantitative estimate of drug-likeness (QED) is 0.478. The molecule has 66 valence electrons. The summed E-state index contributed by atoms with van der Waals surface area (Å²) in [6.45, 7) is 2.64. The van der Waals surface area contributed by atoms with Crippen LogP contribution in [0.15, 0.2) is 0 Å². The molecule has 0 aromatic carbocycles. The van der Waals surface area contributed by atoms with Gasteiger partial charge in [-0.2, -0.15) is 0 Å². The summed E-state index contributed by atoms with van der Waals surface area (Å²) in [5.41, 5.74) is 0. The number of aliphatic hydroxyl groups excluding tert-OH is 1. The lowest BCUT2D eigenvalue weighted by Gasteiger charge is -2.31. The highest BCUT2D eigenvalue weighted by atomic mass is 127. The lowest BCUT2D eigenvalue weighted by Crippen LogP contribution is -2.36. The number of hydrogen-bond acceptors (Lipinski definition) is 2. The van der Waals surface area contributed by atoms with Gasteiger partial charge in [0.15, 0.2) is 0 Å². The molecular weight excluding hydrogens is 253 g/mol. The van der Waals surface area contributed by atoms with E-state index < -0.39 is 0 Å². The SMILES string of the molecule is OCCCN1CCCCC1I. The molecule has 1 fully saturated rings. The number of likely N-dealkylation sites (tertiary alicyclic amines) is 1. The lowest BCUT2D eigenvalue weighted by molar-refractivity contribution is 0.189. The smallest absolute Gasteiger partial charge is 0.0618 e. The Bertz CT molecular complexity index is 110. The van der Waals surface area contributed by atoms with Crippen molar-refractivity contribution < 1.29 is 5.11 Å². The van der Waals surface area contributed by atoms with Gasteiger partial charge in [-0.15, -0.1) is 0 Å².